The van der Waals surface area contributed by atoms with Gasteiger partial charge in [0.1, 0.15) is 5.58 Å². The summed E-state index contributed by atoms with van der Waals surface area (Å²) in [5.74, 6) is 0.330. The molecule has 0 saturated carbocycles. The lowest BCUT2D eigenvalue weighted by molar-refractivity contribution is 0.0986. The van der Waals surface area contributed by atoms with E-state index in [0.29, 0.717) is 17.9 Å². The van der Waals surface area contributed by atoms with Crippen LogP contribution in [0.4, 0.5) is 0 Å². The molecule has 0 amide bonds. The number of ether oxygens (including phenoxy) is 1. The van der Waals surface area contributed by atoms with Gasteiger partial charge in [0, 0.05) is 11.0 Å². The summed E-state index contributed by atoms with van der Waals surface area (Å²) in [6.45, 7) is 2.71. The number of furan rings is 1. The number of carbonyl (C=O) groups is 1. The summed E-state index contributed by atoms with van der Waals surface area (Å²) in [5, 5.41) is 0.968. The maximum absolute atomic E-state index is 12.2. The summed E-state index contributed by atoms with van der Waals surface area (Å²) >= 11 is 0. The van der Waals surface area contributed by atoms with Gasteiger partial charge in [0.25, 0.3) is 0 Å². The highest BCUT2D eigenvalue weighted by Crippen LogP contribution is 2.24. The number of ketones is 1. The number of rotatable bonds is 2. The van der Waals surface area contributed by atoms with E-state index in [4.69, 9.17) is 9.15 Å². The second-order valence-electron chi connectivity index (χ2n) is 4.60. The Kier molecular flexibility index (Phi) is 2.67. The monoisotopic (exact) mass is 242 g/mol. The third kappa shape index (κ3) is 1.92. The lowest BCUT2D eigenvalue weighted by Crippen LogP contribution is -2.08. The number of Topliss-reactive ketones (excluding diaryl/α,β-unsaturated/α-hetero) is 1. The van der Waals surface area contributed by atoms with Crippen LogP contribution in [0.2, 0.25) is 0 Å². The van der Waals surface area contributed by atoms with Crippen molar-refractivity contribution in [3.63, 3.8) is 0 Å². The quantitative estimate of drug-likeness (QED) is 0.755. The van der Waals surface area contributed by atoms with Gasteiger partial charge in [-0.15, -0.1) is 0 Å². The minimum Gasteiger partial charge on any atom is -0.501 e. The highest BCUT2D eigenvalue weighted by atomic mass is 16.5. The number of hydrogen-bond donors (Lipinski definition) is 0. The van der Waals surface area contributed by atoms with Crippen molar-refractivity contribution in [2.24, 2.45) is 0 Å². The Morgan fingerprint density at radius 3 is 2.94 bits per heavy atom. The van der Waals surface area contributed by atoms with Crippen LogP contribution in [0.1, 0.15) is 29.0 Å². The van der Waals surface area contributed by atoms with Crippen LogP contribution in [-0.2, 0) is 4.74 Å². The lowest BCUT2D eigenvalue weighted by atomic mass is 10.0. The first-order valence-electron chi connectivity index (χ1n) is 6.09. The molecule has 3 heteroatoms. The Bertz CT molecular complexity index is 634. The smallest absolute Gasteiger partial charge is 0.227 e. The fourth-order valence-electron chi connectivity index (χ4n) is 2.16. The van der Waals surface area contributed by atoms with Gasteiger partial charge in [0.05, 0.1) is 12.9 Å². The van der Waals surface area contributed by atoms with E-state index in [1.807, 2.05) is 25.1 Å². The highest BCUT2D eigenvalue weighted by molar-refractivity contribution is 6.08. The van der Waals surface area contributed by atoms with Crippen molar-refractivity contribution in [3.05, 3.63) is 47.4 Å². The SMILES string of the molecule is Cc1ccc2oc(C(=O)C3=COCCC3)cc2c1. The molecular weight excluding hydrogens is 228 g/mol. The minimum atomic E-state index is -0.0662. The Labute approximate surface area is 105 Å². The molecule has 0 radical (unpaired) electrons. The number of benzene rings is 1. The molecule has 2 aromatic rings. The number of fused-ring (bicyclic) bond motifs is 1. The molecule has 0 bridgehead atoms. The van der Waals surface area contributed by atoms with Crippen LogP contribution in [0.25, 0.3) is 11.0 Å². The maximum Gasteiger partial charge on any atom is 0.227 e. The topological polar surface area (TPSA) is 39.4 Å². The Balaban J connectivity index is 1.98. The zero-order chi connectivity index (χ0) is 12.5. The van der Waals surface area contributed by atoms with E-state index in [9.17, 15) is 4.79 Å². The zero-order valence-corrected chi connectivity index (χ0v) is 10.2. The number of hydrogen-bond acceptors (Lipinski definition) is 3. The highest BCUT2D eigenvalue weighted by Gasteiger charge is 2.19. The van der Waals surface area contributed by atoms with Crippen LogP contribution in [0.3, 0.4) is 0 Å². The standard InChI is InChI=1S/C15H14O3/c1-10-4-5-13-12(7-10)8-14(18-13)15(16)11-3-2-6-17-9-11/h4-5,7-9H,2-3,6H2,1H3. The molecular formula is C15H14O3. The average molecular weight is 242 g/mol. The number of aryl methyl sites for hydroxylation is 1. The molecule has 3 nitrogen and oxygen atoms in total. The van der Waals surface area contributed by atoms with Crippen LogP contribution in [0, 0.1) is 6.92 Å². The molecule has 0 unspecified atom stereocenters. The van der Waals surface area contributed by atoms with Crippen molar-refractivity contribution in [2.45, 2.75) is 19.8 Å². The predicted molar refractivity (Wildman–Crippen MR) is 68.6 cm³/mol. The van der Waals surface area contributed by atoms with Crippen molar-refractivity contribution in [1.29, 1.82) is 0 Å². The fourth-order valence-corrected chi connectivity index (χ4v) is 2.16. The van der Waals surface area contributed by atoms with Crippen LogP contribution in [0.5, 0.6) is 0 Å². The molecule has 0 spiro atoms. The minimum absolute atomic E-state index is 0.0662. The Morgan fingerprint density at radius 2 is 2.17 bits per heavy atom. The predicted octanol–water partition coefficient (Wildman–Crippen LogP) is 3.62. The van der Waals surface area contributed by atoms with Crippen molar-refractivity contribution in [2.75, 3.05) is 6.61 Å². The first-order chi connectivity index (χ1) is 8.74. The van der Waals surface area contributed by atoms with Gasteiger partial charge in [0.15, 0.2) is 5.76 Å². The molecule has 18 heavy (non-hydrogen) atoms. The molecule has 3 rings (SSSR count). The third-order valence-electron chi connectivity index (χ3n) is 3.12. The van der Waals surface area contributed by atoms with Crippen molar-refractivity contribution in [1.82, 2.24) is 0 Å². The first-order valence-corrected chi connectivity index (χ1v) is 6.09. The summed E-state index contributed by atoms with van der Waals surface area (Å²) < 4.78 is 10.8. The van der Waals surface area contributed by atoms with Crippen LogP contribution >= 0.6 is 0 Å². The number of allylic oxidation sites excluding steroid dienone is 1. The maximum atomic E-state index is 12.2. The van der Waals surface area contributed by atoms with Crippen molar-refractivity contribution < 1.29 is 13.9 Å². The van der Waals surface area contributed by atoms with E-state index in [1.54, 1.807) is 12.3 Å². The molecule has 0 aliphatic carbocycles. The van der Waals surface area contributed by atoms with Gasteiger partial charge in [-0.05, 0) is 38.0 Å². The summed E-state index contributed by atoms with van der Waals surface area (Å²) in [4.78, 5) is 12.2. The molecule has 0 atom stereocenters. The zero-order valence-electron chi connectivity index (χ0n) is 10.2. The normalized spacial score (nSPS) is 15.3. The lowest BCUT2D eigenvalue weighted by Gasteiger charge is -2.10. The van der Waals surface area contributed by atoms with Crippen LogP contribution in [-0.4, -0.2) is 12.4 Å². The number of carbonyl (C=O) groups excluding carboxylic acids is 1. The van der Waals surface area contributed by atoms with Gasteiger partial charge < -0.3 is 9.15 Å². The molecule has 1 aromatic heterocycles. The second kappa shape index (κ2) is 4.33. The molecule has 2 heterocycles. The second-order valence-corrected chi connectivity index (χ2v) is 4.60. The first kappa shape index (κ1) is 11.1. The van der Waals surface area contributed by atoms with Gasteiger partial charge in [-0.3, -0.25) is 4.79 Å². The van der Waals surface area contributed by atoms with E-state index in [1.165, 1.54) is 0 Å². The van der Waals surface area contributed by atoms with Gasteiger partial charge in [-0.25, -0.2) is 0 Å². The molecule has 1 aromatic carbocycles. The van der Waals surface area contributed by atoms with Crippen molar-refractivity contribution >= 4 is 16.8 Å². The Morgan fingerprint density at radius 1 is 1.28 bits per heavy atom. The summed E-state index contributed by atoms with van der Waals surface area (Å²) in [7, 11) is 0. The van der Waals surface area contributed by atoms with E-state index >= 15 is 0 Å². The molecule has 0 N–H and O–H groups in total. The van der Waals surface area contributed by atoms with Crippen molar-refractivity contribution in [3.8, 4) is 0 Å². The van der Waals surface area contributed by atoms with E-state index < -0.39 is 0 Å². The molecule has 1 aliphatic heterocycles. The van der Waals surface area contributed by atoms with Gasteiger partial charge >= 0.3 is 0 Å². The third-order valence-corrected chi connectivity index (χ3v) is 3.12. The summed E-state index contributed by atoms with van der Waals surface area (Å²) in [6, 6.07) is 7.69. The molecule has 1 aliphatic rings. The van der Waals surface area contributed by atoms with Gasteiger partial charge in [-0.2, -0.15) is 0 Å². The Hall–Kier alpha value is -2.03. The largest absolute Gasteiger partial charge is 0.501 e. The van der Waals surface area contributed by atoms with Crippen LogP contribution in [0.15, 0.2) is 40.5 Å². The summed E-state index contributed by atoms with van der Waals surface area (Å²) in [5.41, 5.74) is 2.60. The molecule has 0 fully saturated rings. The van der Waals surface area contributed by atoms with Gasteiger partial charge in [-0.1, -0.05) is 11.6 Å². The van der Waals surface area contributed by atoms with Gasteiger partial charge in [0.2, 0.25) is 5.78 Å². The average Bonchev–Trinajstić information content (AvgIpc) is 2.81. The van der Waals surface area contributed by atoms with Crippen LogP contribution < -0.4 is 0 Å². The summed E-state index contributed by atoms with van der Waals surface area (Å²) in [6.07, 6.45) is 3.20. The fraction of sp³-hybridized carbons (Fsp3) is 0.267. The van der Waals surface area contributed by atoms with E-state index in [2.05, 4.69) is 0 Å². The molecule has 92 valence electrons. The molecule has 0 saturated heterocycles. The van der Waals surface area contributed by atoms with E-state index in [-0.39, 0.29) is 5.78 Å². The van der Waals surface area contributed by atoms with E-state index in [0.717, 1.165) is 29.4 Å².